The summed E-state index contributed by atoms with van der Waals surface area (Å²) in [5, 5.41) is 31.7. The highest BCUT2D eigenvalue weighted by molar-refractivity contribution is 5.94. The first-order valence-electron chi connectivity index (χ1n) is 5.97. The molecule has 0 aliphatic rings. The van der Waals surface area contributed by atoms with Gasteiger partial charge in [0.15, 0.2) is 5.52 Å². The molecule has 1 N–H and O–H groups in total. The topological polar surface area (TPSA) is 137 Å². The largest absolute Gasteiger partial charge is 0.353 e. The summed E-state index contributed by atoms with van der Waals surface area (Å²) in [5.74, 6) is 0. The first kappa shape index (κ1) is 13.4. The van der Waals surface area contributed by atoms with Gasteiger partial charge in [-0.1, -0.05) is 6.07 Å². The number of non-ortho nitro benzene ring substituents is 2. The number of nitrogens with zero attached hydrogens (tertiary/aromatic N) is 4. The summed E-state index contributed by atoms with van der Waals surface area (Å²) in [4.78, 5) is 20.6. The molecule has 0 atom stereocenters. The van der Waals surface area contributed by atoms with Crippen LogP contribution < -0.4 is 5.32 Å². The van der Waals surface area contributed by atoms with Crippen molar-refractivity contribution < 1.29 is 14.5 Å². The lowest BCUT2D eigenvalue weighted by Gasteiger charge is -2.06. The summed E-state index contributed by atoms with van der Waals surface area (Å²) >= 11 is 0. The molecule has 110 valence electrons. The van der Waals surface area contributed by atoms with Crippen LogP contribution in [-0.4, -0.2) is 20.2 Å². The average molecular weight is 301 g/mol. The second-order valence-electron chi connectivity index (χ2n) is 4.28. The smallest absolute Gasteiger partial charge is 0.300 e. The molecule has 1 heterocycles. The quantitative estimate of drug-likeness (QED) is 0.573. The van der Waals surface area contributed by atoms with E-state index in [2.05, 4.69) is 20.3 Å². The molecule has 0 saturated carbocycles. The van der Waals surface area contributed by atoms with Crippen molar-refractivity contribution in [3.05, 3.63) is 56.6 Å². The van der Waals surface area contributed by atoms with E-state index in [4.69, 9.17) is 0 Å². The third-order valence-electron chi connectivity index (χ3n) is 2.93. The first-order chi connectivity index (χ1) is 10.6. The average Bonchev–Trinajstić information content (AvgIpc) is 2.97. The Morgan fingerprint density at radius 1 is 1.00 bits per heavy atom. The maximum Gasteiger partial charge on any atom is 0.300 e. The van der Waals surface area contributed by atoms with E-state index in [1.165, 1.54) is 30.3 Å². The van der Waals surface area contributed by atoms with Crippen LogP contribution in [-0.2, 0) is 0 Å². The second kappa shape index (κ2) is 5.09. The number of rotatable bonds is 4. The van der Waals surface area contributed by atoms with Gasteiger partial charge in [-0.3, -0.25) is 20.2 Å². The van der Waals surface area contributed by atoms with Crippen LogP contribution in [0, 0.1) is 20.2 Å². The molecular weight excluding hydrogens is 294 g/mol. The molecule has 0 aliphatic carbocycles. The Balaban J connectivity index is 2.03. The molecule has 0 radical (unpaired) electrons. The zero-order chi connectivity index (χ0) is 15.7. The Kier molecular flexibility index (Phi) is 3.10. The van der Waals surface area contributed by atoms with Gasteiger partial charge >= 0.3 is 5.69 Å². The SMILES string of the molecule is O=[N+]([O-])c1cccc(Nc2ccc([N+](=O)[O-])c3nonc23)c1. The first-order valence-corrected chi connectivity index (χ1v) is 5.97. The van der Waals surface area contributed by atoms with Crippen LogP contribution in [0.15, 0.2) is 41.0 Å². The minimum atomic E-state index is -0.594. The fourth-order valence-electron chi connectivity index (χ4n) is 1.95. The van der Waals surface area contributed by atoms with Gasteiger partial charge in [-0.2, -0.15) is 0 Å². The number of hydrogen-bond acceptors (Lipinski definition) is 8. The van der Waals surface area contributed by atoms with Crippen molar-refractivity contribution in [3.63, 3.8) is 0 Å². The van der Waals surface area contributed by atoms with Crippen molar-refractivity contribution in [2.24, 2.45) is 0 Å². The van der Waals surface area contributed by atoms with E-state index in [0.29, 0.717) is 11.4 Å². The zero-order valence-electron chi connectivity index (χ0n) is 10.8. The molecule has 2 aromatic carbocycles. The fraction of sp³-hybridized carbons (Fsp3) is 0. The molecule has 22 heavy (non-hydrogen) atoms. The Labute approximate surface area is 121 Å². The Hall–Kier alpha value is -3.56. The molecule has 0 bridgehead atoms. The van der Waals surface area contributed by atoms with Crippen LogP contribution in [0.4, 0.5) is 22.7 Å². The summed E-state index contributed by atoms with van der Waals surface area (Å²) in [7, 11) is 0. The van der Waals surface area contributed by atoms with Crippen molar-refractivity contribution in [3.8, 4) is 0 Å². The normalized spacial score (nSPS) is 10.5. The molecule has 3 aromatic rings. The van der Waals surface area contributed by atoms with E-state index in [0.717, 1.165) is 0 Å². The predicted molar refractivity (Wildman–Crippen MR) is 74.8 cm³/mol. The van der Waals surface area contributed by atoms with Crippen LogP contribution in [0.2, 0.25) is 0 Å². The van der Waals surface area contributed by atoms with Gasteiger partial charge < -0.3 is 5.32 Å². The molecule has 10 heteroatoms. The van der Waals surface area contributed by atoms with E-state index in [-0.39, 0.29) is 22.4 Å². The lowest BCUT2D eigenvalue weighted by molar-refractivity contribution is -0.384. The van der Waals surface area contributed by atoms with Crippen LogP contribution in [0.25, 0.3) is 11.0 Å². The van der Waals surface area contributed by atoms with Crippen LogP contribution in [0.5, 0.6) is 0 Å². The number of fused-ring (bicyclic) bond motifs is 1. The van der Waals surface area contributed by atoms with E-state index in [1.54, 1.807) is 6.07 Å². The van der Waals surface area contributed by atoms with Gasteiger partial charge in [-0.25, -0.2) is 4.63 Å². The second-order valence-corrected chi connectivity index (χ2v) is 4.28. The molecule has 0 saturated heterocycles. The highest BCUT2D eigenvalue weighted by Crippen LogP contribution is 2.31. The van der Waals surface area contributed by atoms with Crippen molar-refractivity contribution in [1.29, 1.82) is 0 Å². The van der Waals surface area contributed by atoms with E-state index >= 15 is 0 Å². The predicted octanol–water partition coefficient (Wildman–Crippen LogP) is 2.78. The summed E-state index contributed by atoms with van der Waals surface area (Å²) in [5.41, 5.74) is 0.679. The van der Waals surface area contributed by atoms with E-state index < -0.39 is 9.85 Å². The number of nitrogens with one attached hydrogen (secondary N) is 1. The summed E-state index contributed by atoms with van der Waals surface area (Å²) in [6.07, 6.45) is 0. The van der Waals surface area contributed by atoms with Gasteiger partial charge in [0.2, 0.25) is 5.52 Å². The minimum absolute atomic E-state index is 0.000399. The monoisotopic (exact) mass is 301 g/mol. The number of hydrogen-bond donors (Lipinski definition) is 1. The van der Waals surface area contributed by atoms with Gasteiger partial charge in [-0.05, 0) is 22.4 Å². The molecule has 1 aromatic heterocycles. The number of aromatic nitrogens is 2. The molecule has 0 unspecified atom stereocenters. The van der Waals surface area contributed by atoms with Crippen molar-refractivity contribution in [2.75, 3.05) is 5.32 Å². The molecule has 10 nitrogen and oxygen atoms in total. The van der Waals surface area contributed by atoms with Gasteiger partial charge in [0.05, 0.1) is 15.5 Å². The van der Waals surface area contributed by atoms with Crippen molar-refractivity contribution in [2.45, 2.75) is 0 Å². The zero-order valence-corrected chi connectivity index (χ0v) is 10.8. The Morgan fingerprint density at radius 3 is 2.50 bits per heavy atom. The lowest BCUT2D eigenvalue weighted by atomic mass is 10.2. The number of benzene rings is 2. The van der Waals surface area contributed by atoms with E-state index in [9.17, 15) is 20.2 Å². The van der Waals surface area contributed by atoms with Gasteiger partial charge in [0.1, 0.15) is 0 Å². The van der Waals surface area contributed by atoms with Gasteiger partial charge in [-0.15, -0.1) is 0 Å². The lowest BCUT2D eigenvalue weighted by Crippen LogP contribution is -1.95. The highest BCUT2D eigenvalue weighted by atomic mass is 16.6. The molecule has 3 rings (SSSR count). The highest BCUT2D eigenvalue weighted by Gasteiger charge is 2.19. The molecule has 0 spiro atoms. The molecule has 0 aliphatic heterocycles. The van der Waals surface area contributed by atoms with Crippen LogP contribution >= 0.6 is 0 Å². The van der Waals surface area contributed by atoms with Crippen LogP contribution in [0.3, 0.4) is 0 Å². The molecule has 0 amide bonds. The molecule has 0 fully saturated rings. The Morgan fingerprint density at radius 2 is 1.77 bits per heavy atom. The third kappa shape index (κ3) is 2.28. The van der Waals surface area contributed by atoms with Gasteiger partial charge in [0, 0.05) is 23.9 Å². The number of nitro benzene ring substituents is 2. The fourth-order valence-corrected chi connectivity index (χ4v) is 1.95. The molecular formula is C12H7N5O5. The van der Waals surface area contributed by atoms with Crippen LogP contribution in [0.1, 0.15) is 0 Å². The maximum atomic E-state index is 10.9. The summed E-state index contributed by atoms with van der Waals surface area (Å²) in [6.45, 7) is 0. The van der Waals surface area contributed by atoms with Gasteiger partial charge in [0.25, 0.3) is 5.69 Å². The summed E-state index contributed by atoms with van der Waals surface area (Å²) < 4.78 is 4.54. The van der Waals surface area contributed by atoms with Crippen molar-refractivity contribution >= 4 is 33.8 Å². The maximum absolute atomic E-state index is 10.9. The number of nitro groups is 2. The summed E-state index contributed by atoms with van der Waals surface area (Å²) in [6, 6.07) is 8.52. The van der Waals surface area contributed by atoms with E-state index in [1.807, 2.05) is 0 Å². The number of anilines is 2. The minimum Gasteiger partial charge on any atom is -0.353 e. The third-order valence-corrected chi connectivity index (χ3v) is 2.93. The standard InChI is InChI=1S/C12H7N5O5/c18-16(19)8-3-1-2-7(6-8)13-9-4-5-10(17(20)21)12-11(9)14-22-15-12/h1-6,13H. The Bertz CT molecular complexity index is 890. The van der Waals surface area contributed by atoms with Crippen molar-refractivity contribution in [1.82, 2.24) is 10.3 Å².